The molecule has 2 heteroatoms. The summed E-state index contributed by atoms with van der Waals surface area (Å²) in [6.07, 6.45) is 1.14. The Labute approximate surface area is 99.2 Å². The van der Waals surface area contributed by atoms with E-state index in [9.17, 15) is 0 Å². The van der Waals surface area contributed by atoms with E-state index in [2.05, 4.69) is 43.4 Å². The standard InChI is InChI=1S/C14H24N2/c1-10(2)9-12-5-7-13(8-6-12)14(16-4)11(3)15/h5-8,10-11,14,16H,9,15H2,1-4H3. The molecule has 0 saturated heterocycles. The maximum absolute atomic E-state index is 5.94. The second-order valence-corrected chi connectivity index (χ2v) is 4.97. The molecule has 1 rings (SSSR count). The Hall–Kier alpha value is -0.860. The van der Waals surface area contributed by atoms with E-state index in [1.54, 1.807) is 0 Å². The lowest BCUT2D eigenvalue weighted by Gasteiger charge is -2.20. The minimum absolute atomic E-state index is 0.126. The molecule has 2 nitrogen and oxygen atoms in total. The maximum Gasteiger partial charge on any atom is 0.0468 e. The van der Waals surface area contributed by atoms with Gasteiger partial charge in [-0.15, -0.1) is 0 Å². The van der Waals surface area contributed by atoms with Crippen LogP contribution >= 0.6 is 0 Å². The van der Waals surface area contributed by atoms with E-state index in [4.69, 9.17) is 5.73 Å². The van der Waals surface area contributed by atoms with Crippen LogP contribution in [0.25, 0.3) is 0 Å². The van der Waals surface area contributed by atoms with Crippen LogP contribution in [0.4, 0.5) is 0 Å². The molecule has 0 saturated carbocycles. The topological polar surface area (TPSA) is 38.0 Å². The quantitative estimate of drug-likeness (QED) is 0.800. The van der Waals surface area contributed by atoms with E-state index in [1.807, 2.05) is 14.0 Å². The van der Waals surface area contributed by atoms with Gasteiger partial charge in [0.25, 0.3) is 0 Å². The van der Waals surface area contributed by atoms with Gasteiger partial charge in [0.2, 0.25) is 0 Å². The molecule has 0 amide bonds. The van der Waals surface area contributed by atoms with Crippen molar-refractivity contribution in [1.82, 2.24) is 5.32 Å². The van der Waals surface area contributed by atoms with Gasteiger partial charge in [-0.3, -0.25) is 0 Å². The lowest BCUT2D eigenvalue weighted by molar-refractivity contribution is 0.503. The molecule has 0 bridgehead atoms. The Bertz CT molecular complexity index is 301. The molecule has 2 atom stereocenters. The van der Waals surface area contributed by atoms with E-state index in [0.29, 0.717) is 5.92 Å². The molecule has 0 radical (unpaired) electrons. The Morgan fingerprint density at radius 1 is 1.12 bits per heavy atom. The molecule has 2 unspecified atom stereocenters. The average molecular weight is 220 g/mol. The lowest BCUT2D eigenvalue weighted by atomic mass is 9.97. The SMILES string of the molecule is CNC(c1ccc(CC(C)C)cc1)C(C)N. The molecule has 0 heterocycles. The van der Waals surface area contributed by atoms with Crippen molar-refractivity contribution in [3.05, 3.63) is 35.4 Å². The summed E-state index contributed by atoms with van der Waals surface area (Å²) < 4.78 is 0. The molecule has 90 valence electrons. The monoisotopic (exact) mass is 220 g/mol. The summed E-state index contributed by atoms with van der Waals surface area (Å²) in [6, 6.07) is 9.16. The fraction of sp³-hybridized carbons (Fsp3) is 0.571. The number of nitrogens with two attached hydrogens (primary N) is 1. The molecule has 1 aromatic carbocycles. The van der Waals surface area contributed by atoms with Gasteiger partial charge < -0.3 is 11.1 Å². The molecule has 0 aromatic heterocycles. The van der Waals surface area contributed by atoms with Crippen molar-refractivity contribution in [1.29, 1.82) is 0 Å². The molecule has 0 aliphatic carbocycles. The van der Waals surface area contributed by atoms with Crippen LogP contribution in [0.15, 0.2) is 24.3 Å². The summed E-state index contributed by atoms with van der Waals surface area (Å²) >= 11 is 0. The molecular formula is C14H24N2. The third-order valence-electron chi connectivity index (χ3n) is 2.82. The third-order valence-corrected chi connectivity index (χ3v) is 2.82. The minimum Gasteiger partial charge on any atom is -0.326 e. The first kappa shape index (κ1) is 13.2. The van der Waals surface area contributed by atoms with Crippen molar-refractivity contribution in [2.24, 2.45) is 11.7 Å². The van der Waals surface area contributed by atoms with E-state index in [1.165, 1.54) is 11.1 Å². The van der Waals surface area contributed by atoms with Gasteiger partial charge in [0, 0.05) is 12.1 Å². The predicted octanol–water partition coefficient (Wildman–Crippen LogP) is 2.49. The summed E-state index contributed by atoms with van der Waals surface area (Å²) in [6.45, 7) is 6.52. The van der Waals surface area contributed by atoms with E-state index < -0.39 is 0 Å². The molecule has 16 heavy (non-hydrogen) atoms. The van der Waals surface area contributed by atoms with Crippen LogP contribution in [-0.2, 0) is 6.42 Å². The molecule has 0 fully saturated rings. The fourth-order valence-electron chi connectivity index (χ4n) is 2.07. The highest BCUT2D eigenvalue weighted by molar-refractivity contribution is 5.26. The highest BCUT2D eigenvalue weighted by Gasteiger charge is 2.13. The van der Waals surface area contributed by atoms with Gasteiger partial charge in [-0.1, -0.05) is 38.1 Å². The number of hydrogen-bond acceptors (Lipinski definition) is 2. The van der Waals surface area contributed by atoms with Gasteiger partial charge in [0.05, 0.1) is 0 Å². The zero-order chi connectivity index (χ0) is 12.1. The smallest absolute Gasteiger partial charge is 0.0468 e. The molecule has 0 aliphatic heterocycles. The van der Waals surface area contributed by atoms with Crippen LogP contribution in [0.2, 0.25) is 0 Å². The second kappa shape index (κ2) is 6.02. The van der Waals surface area contributed by atoms with Gasteiger partial charge in [-0.2, -0.15) is 0 Å². The normalized spacial score (nSPS) is 15.1. The first-order valence-corrected chi connectivity index (χ1v) is 6.06. The largest absolute Gasteiger partial charge is 0.326 e. The Kier molecular flexibility index (Phi) is 4.97. The van der Waals surface area contributed by atoms with Gasteiger partial charge in [0.1, 0.15) is 0 Å². The van der Waals surface area contributed by atoms with Crippen molar-refractivity contribution in [3.8, 4) is 0 Å². The van der Waals surface area contributed by atoms with Crippen LogP contribution < -0.4 is 11.1 Å². The van der Waals surface area contributed by atoms with Crippen molar-refractivity contribution in [2.45, 2.75) is 39.3 Å². The van der Waals surface area contributed by atoms with Crippen LogP contribution in [0.5, 0.6) is 0 Å². The molecule has 0 spiro atoms. The summed E-state index contributed by atoms with van der Waals surface area (Å²) in [4.78, 5) is 0. The summed E-state index contributed by atoms with van der Waals surface area (Å²) in [7, 11) is 1.95. The Morgan fingerprint density at radius 3 is 2.06 bits per heavy atom. The number of likely N-dealkylation sites (N-methyl/N-ethyl adjacent to an activating group) is 1. The van der Waals surface area contributed by atoms with Gasteiger partial charge in [0.15, 0.2) is 0 Å². The minimum atomic E-state index is 0.126. The van der Waals surface area contributed by atoms with Crippen molar-refractivity contribution in [3.63, 3.8) is 0 Å². The molecular weight excluding hydrogens is 196 g/mol. The molecule has 1 aromatic rings. The highest BCUT2D eigenvalue weighted by atomic mass is 14.9. The first-order chi connectivity index (χ1) is 7.54. The number of hydrogen-bond donors (Lipinski definition) is 2. The van der Waals surface area contributed by atoms with Crippen LogP contribution in [0, 0.1) is 5.92 Å². The van der Waals surface area contributed by atoms with E-state index in [-0.39, 0.29) is 12.1 Å². The number of nitrogens with one attached hydrogen (secondary N) is 1. The van der Waals surface area contributed by atoms with Crippen molar-refractivity contribution in [2.75, 3.05) is 7.05 Å². The summed E-state index contributed by atoms with van der Waals surface area (Å²) in [5.74, 6) is 0.708. The van der Waals surface area contributed by atoms with E-state index >= 15 is 0 Å². The summed E-state index contributed by atoms with van der Waals surface area (Å²) in [5.41, 5.74) is 8.61. The molecule has 0 aliphatic rings. The predicted molar refractivity (Wildman–Crippen MR) is 70.4 cm³/mol. The van der Waals surface area contributed by atoms with E-state index in [0.717, 1.165) is 6.42 Å². The fourth-order valence-corrected chi connectivity index (χ4v) is 2.07. The summed E-state index contributed by atoms with van der Waals surface area (Å²) in [5, 5.41) is 3.25. The van der Waals surface area contributed by atoms with Crippen LogP contribution in [0.3, 0.4) is 0 Å². The number of rotatable bonds is 5. The van der Waals surface area contributed by atoms with Gasteiger partial charge in [-0.25, -0.2) is 0 Å². The zero-order valence-electron chi connectivity index (χ0n) is 10.8. The maximum atomic E-state index is 5.94. The van der Waals surface area contributed by atoms with Crippen molar-refractivity contribution >= 4 is 0 Å². The number of benzene rings is 1. The lowest BCUT2D eigenvalue weighted by Crippen LogP contribution is -2.33. The van der Waals surface area contributed by atoms with Gasteiger partial charge in [-0.05, 0) is 37.4 Å². The van der Waals surface area contributed by atoms with Crippen LogP contribution in [0.1, 0.15) is 37.9 Å². The Balaban J connectivity index is 2.77. The first-order valence-electron chi connectivity index (χ1n) is 6.06. The average Bonchev–Trinajstić information content (AvgIpc) is 2.20. The highest BCUT2D eigenvalue weighted by Crippen LogP contribution is 2.17. The Morgan fingerprint density at radius 2 is 1.69 bits per heavy atom. The van der Waals surface area contributed by atoms with Crippen LogP contribution in [-0.4, -0.2) is 13.1 Å². The molecule has 3 N–H and O–H groups in total. The third kappa shape index (κ3) is 3.62. The zero-order valence-corrected chi connectivity index (χ0v) is 10.8. The van der Waals surface area contributed by atoms with Crippen molar-refractivity contribution < 1.29 is 0 Å². The van der Waals surface area contributed by atoms with Gasteiger partial charge >= 0.3 is 0 Å². The second-order valence-electron chi connectivity index (χ2n) is 4.97.